The summed E-state index contributed by atoms with van der Waals surface area (Å²) in [5.41, 5.74) is 10.1. The van der Waals surface area contributed by atoms with E-state index in [9.17, 15) is 9.82 Å². The average Bonchev–Trinajstić information content (AvgIpc) is 2.85. The molecule has 1 atom stereocenters. The number of carbonyl (C=O) groups is 1. The van der Waals surface area contributed by atoms with Crippen LogP contribution < -0.4 is 16.1 Å². The molecule has 0 spiro atoms. The predicted molar refractivity (Wildman–Crippen MR) is 133 cm³/mol. The van der Waals surface area contributed by atoms with Gasteiger partial charge in [0, 0.05) is 36.4 Å². The van der Waals surface area contributed by atoms with Crippen molar-refractivity contribution in [3.63, 3.8) is 0 Å². The molecule has 1 aliphatic rings. The minimum absolute atomic E-state index is 0.0461. The molecule has 0 saturated heterocycles. The van der Waals surface area contributed by atoms with Crippen LogP contribution in [-0.2, 0) is 11.2 Å². The zero-order chi connectivity index (χ0) is 22.8. The lowest BCUT2D eigenvalue weighted by atomic mass is 9.68. The quantitative estimate of drug-likeness (QED) is 0.456. The number of nitrogens with two attached hydrogens (primary N) is 1. The summed E-state index contributed by atoms with van der Waals surface area (Å²) in [5.74, 6) is -0.413. The highest BCUT2D eigenvalue weighted by Crippen LogP contribution is 2.23. The summed E-state index contributed by atoms with van der Waals surface area (Å²) < 4.78 is 0. The van der Waals surface area contributed by atoms with Crippen LogP contribution in [0.4, 0.5) is 5.69 Å². The van der Waals surface area contributed by atoms with Crippen molar-refractivity contribution in [1.29, 1.82) is 0 Å². The number of nitrogens with zero attached hydrogens (tertiary/aromatic N) is 3. The predicted octanol–water partition coefficient (Wildman–Crippen LogP) is 2.63. The van der Waals surface area contributed by atoms with E-state index in [0.29, 0.717) is 5.46 Å². The number of benzene rings is 3. The van der Waals surface area contributed by atoms with Gasteiger partial charge in [-0.15, -0.1) is 0 Å². The number of hydrazone groups is 1. The number of hydrogen-bond acceptors (Lipinski definition) is 6. The molecule has 0 amide bonds. The first-order valence-corrected chi connectivity index (χ1v) is 10.9. The zero-order valence-electron chi connectivity index (χ0n) is 18.0. The van der Waals surface area contributed by atoms with Crippen LogP contribution in [0.5, 0.6) is 0 Å². The van der Waals surface area contributed by atoms with Crippen molar-refractivity contribution in [1.82, 2.24) is 4.98 Å². The van der Waals surface area contributed by atoms with Crippen molar-refractivity contribution < 1.29 is 9.82 Å². The standard InChI is InChI=1S/C26H23BN4O2/c28-15-24(26(32)13-18-6-7-21-16-29-11-10-19(21)12-18)20-8-9-22-17-30-31(27(33)25(22)14-20)23-4-2-1-3-5-23/h1-12,14,16-17,24,33H,13,15,28H2. The molecule has 3 N–H and O–H groups in total. The van der Waals surface area contributed by atoms with Crippen molar-refractivity contribution >= 4 is 41.0 Å². The molecule has 0 saturated carbocycles. The minimum Gasteiger partial charge on any atom is -0.427 e. The molecule has 7 heteroatoms. The summed E-state index contributed by atoms with van der Waals surface area (Å²) in [4.78, 5) is 18.9. The Kier molecular flexibility index (Phi) is 5.73. The molecule has 1 aliphatic heterocycles. The molecule has 0 aliphatic carbocycles. The van der Waals surface area contributed by atoms with Crippen molar-refractivity contribution in [2.75, 3.05) is 11.5 Å². The van der Waals surface area contributed by atoms with E-state index in [1.165, 1.54) is 0 Å². The summed E-state index contributed by atoms with van der Waals surface area (Å²) in [7, 11) is -0.949. The lowest BCUT2D eigenvalue weighted by molar-refractivity contribution is -0.119. The van der Waals surface area contributed by atoms with Gasteiger partial charge in [0.2, 0.25) is 0 Å². The molecule has 33 heavy (non-hydrogen) atoms. The Morgan fingerprint density at radius 3 is 2.70 bits per heavy atom. The Bertz CT molecular complexity index is 1340. The number of aromatic nitrogens is 1. The van der Waals surface area contributed by atoms with Crippen molar-refractivity contribution in [2.45, 2.75) is 12.3 Å². The van der Waals surface area contributed by atoms with Gasteiger partial charge in [-0.1, -0.05) is 54.6 Å². The fraction of sp³-hybridized carbons (Fsp3) is 0.115. The number of pyridine rings is 1. The molecule has 4 aromatic rings. The Morgan fingerprint density at radius 1 is 1.03 bits per heavy atom. The van der Waals surface area contributed by atoms with Gasteiger partial charge in [0.15, 0.2) is 0 Å². The maximum Gasteiger partial charge on any atom is 0.471 e. The molecule has 2 heterocycles. The van der Waals surface area contributed by atoms with E-state index in [1.807, 2.05) is 79.0 Å². The Balaban J connectivity index is 1.40. The fourth-order valence-electron chi connectivity index (χ4n) is 4.28. The van der Waals surface area contributed by atoms with E-state index in [0.717, 1.165) is 33.2 Å². The highest BCUT2D eigenvalue weighted by atomic mass is 16.2. The molecule has 0 bridgehead atoms. The number of fused-ring (bicyclic) bond motifs is 2. The van der Waals surface area contributed by atoms with E-state index < -0.39 is 13.0 Å². The number of para-hydroxylation sites is 1. The first-order chi connectivity index (χ1) is 16.1. The number of anilines is 1. The average molecular weight is 434 g/mol. The van der Waals surface area contributed by atoms with E-state index in [1.54, 1.807) is 17.3 Å². The van der Waals surface area contributed by atoms with Gasteiger partial charge in [0.05, 0.1) is 12.1 Å². The summed E-state index contributed by atoms with van der Waals surface area (Å²) in [5, 5.41) is 17.5. The molecule has 1 unspecified atom stereocenters. The molecular weight excluding hydrogens is 411 g/mol. The van der Waals surface area contributed by atoms with Crippen molar-refractivity contribution in [3.05, 3.63) is 102 Å². The highest BCUT2D eigenvalue weighted by Gasteiger charge is 2.31. The third-order valence-corrected chi connectivity index (χ3v) is 6.07. The topological polar surface area (TPSA) is 91.8 Å². The lowest BCUT2D eigenvalue weighted by Gasteiger charge is -2.27. The van der Waals surface area contributed by atoms with Crippen LogP contribution >= 0.6 is 0 Å². The number of ketones is 1. The van der Waals surface area contributed by atoms with Gasteiger partial charge in [-0.3, -0.25) is 14.7 Å². The van der Waals surface area contributed by atoms with Crippen LogP contribution in [0.1, 0.15) is 22.6 Å². The van der Waals surface area contributed by atoms with Crippen molar-refractivity contribution in [3.8, 4) is 0 Å². The van der Waals surface area contributed by atoms with Gasteiger partial charge in [0.1, 0.15) is 5.78 Å². The summed E-state index contributed by atoms with van der Waals surface area (Å²) in [6.45, 7) is 0.196. The minimum atomic E-state index is -0.949. The maximum absolute atomic E-state index is 13.2. The third kappa shape index (κ3) is 4.16. The van der Waals surface area contributed by atoms with E-state index in [4.69, 9.17) is 5.73 Å². The molecule has 5 rings (SSSR count). The number of carbonyl (C=O) groups excluding carboxylic acids is 1. The first-order valence-electron chi connectivity index (χ1n) is 10.9. The number of rotatable bonds is 6. The van der Waals surface area contributed by atoms with Crippen LogP contribution in [0.3, 0.4) is 0 Å². The van der Waals surface area contributed by atoms with Crippen molar-refractivity contribution in [2.24, 2.45) is 10.8 Å². The van der Waals surface area contributed by atoms with Crippen LogP contribution in [0.15, 0.2) is 90.3 Å². The van der Waals surface area contributed by atoms with Crippen LogP contribution in [0.25, 0.3) is 10.8 Å². The SMILES string of the molecule is NCC(C(=O)Cc1ccc2cnccc2c1)c1ccc2c(c1)B(O)N(c1ccccc1)N=C2. The van der Waals surface area contributed by atoms with Crippen LogP contribution in [0, 0.1) is 0 Å². The monoisotopic (exact) mass is 434 g/mol. The smallest absolute Gasteiger partial charge is 0.427 e. The van der Waals surface area contributed by atoms with Gasteiger partial charge >= 0.3 is 7.05 Å². The molecule has 6 nitrogen and oxygen atoms in total. The van der Waals surface area contributed by atoms with Gasteiger partial charge in [-0.25, -0.2) is 0 Å². The summed E-state index contributed by atoms with van der Waals surface area (Å²) in [6.07, 6.45) is 5.57. The maximum atomic E-state index is 13.2. The van der Waals surface area contributed by atoms with Gasteiger partial charge < -0.3 is 10.8 Å². The number of Topliss-reactive ketones (excluding diaryl/α,β-unsaturated/α-hetero) is 1. The zero-order valence-corrected chi connectivity index (χ0v) is 18.0. The van der Waals surface area contributed by atoms with Gasteiger partial charge in [0.25, 0.3) is 0 Å². The fourth-order valence-corrected chi connectivity index (χ4v) is 4.28. The third-order valence-electron chi connectivity index (χ3n) is 6.07. The van der Waals surface area contributed by atoms with Crippen LogP contribution in [-0.4, -0.2) is 35.6 Å². The Labute approximate surface area is 192 Å². The van der Waals surface area contributed by atoms with E-state index in [-0.39, 0.29) is 18.7 Å². The van der Waals surface area contributed by atoms with E-state index >= 15 is 0 Å². The van der Waals surface area contributed by atoms with E-state index in [2.05, 4.69) is 10.1 Å². The summed E-state index contributed by atoms with van der Waals surface area (Å²) >= 11 is 0. The Morgan fingerprint density at radius 2 is 1.88 bits per heavy atom. The van der Waals surface area contributed by atoms with Gasteiger partial charge in [-0.2, -0.15) is 5.10 Å². The molecule has 3 aromatic carbocycles. The Hall–Kier alpha value is -3.81. The molecular formula is C26H23BN4O2. The molecule has 1 aromatic heterocycles. The van der Waals surface area contributed by atoms with Crippen LogP contribution in [0.2, 0.25) is 0 Å². The molecule has 162 valence electrons. The first kappa shape index (κ1) is 21.1. The second kappa shape index (κ2) is 8.98. The normalized spacial score (nSPS) is 13.8. The number of hydrogen-bond donors (Lipinski definition) is 2. The lowest BCUT2D eigenvalue weighted by Crippen LogP contribution is -2.50. The molecule has 0 fully saturated rings. The largest absolute Gasteiger partial charge is 0.471 e. The second-order valence-corrected chi connectivity index (χ2v) is 8.18. The highest BCUT2D eigenvalue weighted by molar-refractivity contribution is 6.71. The van der Waals surface area contributed by atoms with Gasteiger partial charge in [-0.05, 0) is 45.7 Å². The summed E-state index contributed by atoms with van der Waals surface area (Å²) in [6, 6.07) is 23.1. The molecule has 0 radical (unpaired) electrons. The second-order valence-electron chi connectivity index (χ2n) is 8.18.